The van der Waals surface area contributed by atoms with E-state index in [4.69, 9.17) is 4.98 Å². The van der Waals surface area contributed by atoms with Crippen molar-refractivity contribution in [3.8, 4) is 0 Å². The van der Waals surface area contributed by atoms with Crippen LogP contribution in [0.5, 0.6) is 0 Å². The molecule has 8 heteroatoms. The molecule has 0 radical (unpaired) electrons. The minimum absolute atomic E-state index is 0.818. The zero-order valence-corrected chi connectivity index (χ0v) is 19.2. The summed E-state index contributed by atoms with van der Waals surface area (Å²) < 4.78 is 1.21. The fraction of sp³-hybridized carbons (Fsp3) is 0.0455. The lowest BCUT2D eigenvalue weighted by Gasteiger charge is -2.11. The number of anilines is 2. The van der Waals surface area contributed by atoms with E-state index in [0.717, 1.165) is 32.0 Å². The molecule has 148 valence electrons. The SMILES string of the molecule is Cc1csc(Nc2ncc(Sc3ccnc4ccsc34)cc2Sc2ccccc2)n1. The number of benzene rings is 1. The number of rotatable bonds is 6. The number of thiophene rings is 1. The molecule has 0 aliphatic rings. The quantitative estimate of drug-likeness (QED) is 0.281. The number of aromatic nitrogens is 3. The van der Waals surface area contributed by atoms with E-state index in [1.807, 2.05) is 30.8 Å². The molecule has 0 spiro atoms. The predicted molar refractivity (Wildman–Crippen MR) is 129 cm³/mol. The van der Waals surface area contributed by atoms with Crippen LogP contribution in [0.15, 0.2) is 91.3 Å². The summed E-state index contributed by atoms with van der Waals surface area (Å²) in [6.07, 6.45) is 3.79. The van der Waals surface area contributed by atoms with Gasteiger partial charge >= 0.3 is 0 Å². The van der Waals surface area contributed by atoms with E-state index in [9.17, 15) is 0 Å². The summed E-state index contributed by atoms with van der Waals surface area (Å²) in [5, 5.41) is 8.36. The van der Waals surface area contributed by atoms with E-state index < -0.39 is 0 Å². The van der Waals surface area contributed by atoms with Gasteiger partial charge in [0.05, 0.1) is 20.8 Å². The lowest BCUT2D eigenvalue weighted by Crippen LogP contribution is -1.96. The fourth-order valence-corrected chi connectivity index (χ4v) is 6.42. The molecule has 0 atom stereocenters. The van der Waals surface area contributed by atoms with E-state index in [-0.39, 0.29) is 0 Å². The highest BCUT2D eigenvalue weighted by molar-refractivity contribution is 8.00. The summed E-state index contributed by atoms with van der Waals surface area (Å²) in [7, 11) is 0. The number of pyridine rings is 2. The smallest absolute Gasteiger partial charge is 0.188 e. The molecule has 1 N–H and O–H groups in total. The van der Waals surface area contributed by atoms with E-state index in [0.29, 0.717) is 0 Å². The number of nitrogens with zero attached hydrogens (tertiary/aromatic N) is 3. The Hall–Kier alpha value is -2.39. The summed E-state index contributed by atoms with van der Waals surface area (Å²) in [5.74, 6) is 0.818. The van der Waals surface area contributed by atoms with Crippen molar-refractivity contribution in [3.63, 3.8) is 0 Å². The van der Waals surface area contributed by atoms with Crippen LogP contribution in [0.4, 0.5) is 10.9 Å². The van der Waals surface area contributed by atoms with Gasteiger partial charge in [-0.3, -0.25) is 4.98 Å². The molecule has 0 saturated carbocycles. The van der Waals surface area contributed by atoms with Gasteiger partial charge in [-0.15, -0.1) is 22.7 Å². The molecule has 4 heterocycles. The van der Waals surface area contributed by atoms with Crippen LogP contribution < -0.4 is 5.32 Å². The minimum atomic E-state index is 0.818. The zero-order chi connectivity index (χ0) is 20.3. The van der Waals surface area contributed by atoms with E-state index in [2.05, 4.69) is 63.1 Å². The van der Waals surface area contributed by atoms with Gasteiger partial charge in [-0.1, -0.05) is 41.7 Å². The average molecular weight is 465 g/mol. The number of hydrogen-bond donors (Lipinski definition) is 1. The van der Waals surface area contributed by atoms with Gasteiger partial charge in [-0.25, -0.2) is 9.97 Å². The molecule has 0 fully saturated rings. The Morgan fingerprint density at radius 1 is 0.900 bits per heavy atom. The summed E-state index contributed by atoms with van der Waals surface area (Å²) in [4.78, 5) is 18.2. The molecular formula is C22H16N4S4. The van der Waals surface area contributed by atoms with Gasteiger partial charge in [0.25, 0.3) is 0 Å². The van der Waals surface area contributed by atoms with E-state index in [1.165, 1.54) is 14.5 Å². The number of thiazole rings is 1. The van der Waals surface area contributed by atoms with Crippen LogP contribution in [0.2, 0.25) is 0 Å². The Morgan fingerprint density at radius 2 is 1.77 bits per heavy atom. The second-order valence-corrected chi connectivity index (χ2v) is 10.4. The highest BCUT2D eigenvalue weighted by Crippen LogP contribution is 2.40. The van der Waals surface area contributed by atoms with Gasteiger partial charge in [0.1, 0.15) is 5.82 Å². The lowest BCUT2D eigenvalue weighted by atomic mass is 10.4. The molecule has 0 bridgehead atoms. The van der Waals surface area contributed by atoms with Gasteiger partial charge in [0.2, 0.25) is 0 Å². The van der Waals surface area contributed by atoms with Gasteiger partial charge in [0, 0.05) is 32.5 Å². The van der Waals surface area contributed by atoms with E-state index in [1.54, 1.807) is 46.2 Å². The molecule has 0 saturated heterocycles. The molecule has 5 aromatic rings. The third kappa shape index (κ3) is 4.37. The predicted octanol–water partition coefficient (Wildman–Crippen LogP) is 7.50. The average Bonchev–Trinajstić information content (AvgIpc) is 3.40. The maximum absolute atomic E-state index is 4.74. The summed E-state index contributed by atoms with van der Waals surface area (Å²) in [6.45, 7) is 1.99. The lowest BCUT2D eigenvalue weighted by molar-refractivity contribution is 1.14. The zero-order valence-electron chi connectivity index (χ0n) is 15.9. The molecule has 0 aliphatic heterocycles. The number of fused-ring (bicyclic) bond motifs is 1. The number of aryl methyl sites for hydroxylation is 1. The monoisotopic (exact) mass is 464 g/mol. The van der Waals surface area contributed by atoms with Crippen LogP contribution in [0.25, 0.3) is 10.2 Å². The second kappa shape index (κ2) is 8.77. The second-order valence-electron chi connectivity index (χ2n) is 6.40. The molecule has 4 aromatic heterocycles. The van der Waals surface area contributed by atoms with Crippen LogP contribution in [0.3, 0.4) is 0 Å². The van der Waals surface area contributed by atoms with Crippen molar-refractivity contribution in [1.82, 2.24) is 15.0 Å². The summed E-state index contributed by atoms with van der Waals surface area (Å²) in [5.41, 5.74) is 2.04. The molecule has 0 amide bonds. The Labute approximate surface area is 190 Å². The van der Waals surface area contributed by atoms with Crippen molar-refractivity contribution >= 4 is 67.4 Å². The molecular weight excluding hydrogens is 449 g/mol. The Balaban J connectivity index is 1.49. The van der Waals surface area contributed by atoms with Crippen molar-refractivity contribution in [3.05, 3.63) is 77.4 Å². The highest BCUT2D eigenvalue weighted by atomic mass is 32.2. The van der Waals surface area contributed by atoms with Gasteiger partial charge in [-0.05, 0) is 42.6 Å². The topological polar surface area (TPSA) is 50.7 Å². The third-order valence-electron chi connectivity index (χ3n) is 4.18. The maximum atomic E-state index is 4.74. The standard InChI is InChI=1S/C22H16N4S4/c1-14-13-28-22(25-14)26-21-19(29-15-5-3-2-4-6-15)11-16(12-24-21)30-18-7-9-23-17-8-10-27-20(17)18/h2-13H,1H3,(H,24,25,26). The van der Waals surface area contributed by atoms with E-state index >= 15 is 0 Å². The minimum Gasteiger partial charge on any atom is -0.315 e. The highest BCUT2D eigenvalue weighted by Gasteiger charge is 2.12. The largest absolute Gasteiger partial charge is 0.315 e. The molecule has 1 aromatic carbocycles. The van der Waals surface area contributed by atoms with Gasteiger partial charge < -0.3 is 5.32 Å². The maximum Gasteiger partial charge on any atom is 0.188 e. The number of nitrogens with one attached hydrogen (secondary N) is 1. The normalized spacial score (nSPS) is 11.1. The van der Waals surface area contributed by atoms with Crippen molar-refractivity contribution in [2.45, 2.75) is 26.5 Å². The Kier molecular flexibility index (Phi) is 5.72. The van der Waals surface area contributed by atoms with Crippen LogP contribution in [0.1, 0.15) is 5.69 Å². The summed E-state index contributed by atoms with van der Waals surface area (Å²) in [6, 6.07) is 16.7. The Bertz CT molecular complexity index is 1300. The van der Waals surface area contributed by atoms with Gasteiger partial charge in [-0.2, -0.15) is 0 Å². The van der Waals surface area contributed by atoms with Crippen LogP contribution in [-0.4, -0.2) is 15.0 Å². The first kappa shape index (κ1) is 19.6. The molecule has 4 nitrogen and oxygen atoms in total. The number of hydrogen-bond acceptors (Lipinski definition) is 8. The summed E-state index contributed by atoms with van der Waals surface area (Å²) >= 11 is 6.72. The molecule has 0 unspecified atom stereocenters. The first-order valence-corrected chi connectivity index (χ1v) is 12.6. The molecule has 5 rings (SSSR count). The first-order valence-electron chi connectivity index (χ1n) is 9.17. The van der Waals surface area contributed by atoms with Crippen LogP contribution in [-0.2, 0) is 0 Å². The fourth-order valence-electron chi connectivity index (χ4n) is 2.84. The van der Waals surface area contributed by atoms with Crippen molar-refractivity contribution < 1.29 is 0 Å². The third-order valence-corrected chi connectivity index (χ3v) is 8.18. The van der Waals surface area contributed by atoms with Crippen molar-refractivity contribution in [2.24, 2.45) is 0 Å². The van der Waals surface area contributed by atoms with Crippen molar-refractivity contribution in [1.29, 1.82) is 0 Å². The molecule has 30 heavy (non-hydrogen) atoms. The Morgan fingerprint density at radius 3 is 2.60 bits per heavy atom. The van der Waals surface area contributed by atoms with Crippen LogP contribution >= 0.6 is 46.2 Å². The first-order chi connectivity index (χ1) is 14.7. The van der Waals surface area contributed by atoms with Crippen molar-refractivity contribution in [2.75, 3.05) is 5.32 Å². The van der Waals surface area contributed by atoms with Gasteiger partial charge in [0.15, 0.2) is 5.13 Å². The van der Waals surface area contributed by atoms with Crippen LogP contribution in [0, 0.1) is 6.92 Å². The molecule has 0 aliphatic carbocycles.